The third kappa shape index (κ3) is 5.41. The zero-order chi connectivity index (χ0) is 16.2. The fraction of sp³-hybridized carbons (Fsp3) is 0.625. The van der Waals surface area contributed by atoms with Crippen molar-refractivity contribution in [2.75, 3.05) is 13.1 Å². The van der Waals surface area contributed by atoms with E-state index in [0.29, 0.717) is 17.1 Å². The lowest BCUT2D eigenvalue weighted by Crippen LogP contribution is -2.41. The first-order valence-electron chi connectivity index (χ1n) is 7.37. The van der Waals surface area contributed by atoms with Crippen LogP contribution in [0.3, 0.4) is 0 Å². The minimum atomic E-state index is -0.435. The molecule has 0 spiro atoms. The second kappa shape index (κ2) is 8.33. The van der Waals surface area contributed by atoms with E-state index in [1.807, 2.05) is 6.92 Å². The van der Waals surface area contributed by atoms with E-state index in [0.717, 1.165) is 18.7 Å². The second-order valence-corrected chi connectivity index (χ2v) is 6.70. The summed E-state index contributed by atoms with van der Waals surface area (Å²) < 4.78 is 13.6. The summed E-state index contributed by atoms with van der Waals surface area (Å²) in [5.41, 5.74) is 0.735. The van der Waals surface area contributed by atoms with Crippen LogP contribution in [0.4, 0.5) is 4.39 Å². The van der Waals surface area contributed by atoms with Gasteiger partial charge in [-0.25, -0.2) is 4.39 Å². The molecule has 0 radical (unpaired) electrons. The molecule has 0 heterocycles. The summed E-state index contributed by atoms with van der Waals surface area (Å²) in [6.07, 6.45) is 0. The van der Waals surface area contributed by atoms with Gasteiger partial charge in [0, 0.05) is 36.2 Å². The highest BCUT2D eigenvalue weighted by atomic mass is 35.5. The fourth-order valence-corrected chi connectivity index (χ4v) is 3.05. The Morgan fingerprint density at radius 1 is 1.05 bits per heavy atom. The SMILES string of the molecule is CC(NCCN(C(C)C)C(C)C)c1cc(F)c(Cl)cc1Cl. The van der Waals surface area contributed by atoms with Crippen LogP contribution in [0.25, 0.3) is 0 Å². The first-order valence-corrected chi connectivity index (χ1v) is 8.13. The number of benzene rings is 1. The van der Waals surface area contributed by atoms with Crippen molar-refractivity contribution < 1.29 is 4.39 Å². The van der Waals surface area contributed by atoms with Crippen molar-refractivity contribution >= 4 is 23.2 Å². The first-order chi connectivity index (χ1) is 9.73. The molecule has 0 aliphatic carbocycles. The fourth-order valence-electron chi connectivity index (χ4n) is 2.50. The number of nitrogens with zero attached hydrogens (tertiary/aromatic N) is 1. The van der Waals surface area contributed by atoms with Crippen LogP contribution in [0.2, 0.25) is 10.0 Å². The van der Waals surface area contributed by atoms with Crippen molar-refractivity contribution in [1.29, 1.82) is 0 Å². The molecular formula is C16H25Cl2FN2. The molecule has 1 aromatic carbocycles. The van der Waals surface area contributed by atoms with Crippen molar-refractivity contribution in [1.82, 2.24) is 10.2 Å². The highest BCUT2D eigenvalue weighted by molar-refractivity contribution is 6.35. The maximum Gasteiger partial charge on any atom is 0.142 e. The van der Waals surface area contributed by atoms with Gasteiger partial charge in [-0.05, 0) is 52.3 Å². The summed E-state index contributed by atoms with van der Waals surface area (Å²) in [6, 6.07) is 3.84. The number of hydrogen-bond donors (Lipinski definition) is 1. The number of hydrogen-bond acceptors (Lipinski definition) is 2. The summed E-state index contributed by atoms with van der Waals surface area (Å²) in [4.78, 5) is 2.41. The summed E-state index contributed by atoms with van der Waals surface area (Å²) in [5.74, 6) is -0.435. The van der Waals surface area contributed by atoms with Crippen LogP contribution in [-0.2, 0) is 0 Å². The van der Waals surface area contributed by atoms with E-state index in [9.17, 15) is 4.39 Å². The molecule has 120 valence electrons. The molecule has 0 aliphatic heterocycles. The molecular weight excluding hydrogens is 310 g/mol. The van der Waals surface area contributed by atoms with Gasteiger partial charge in [0.15, 0.2) is 0 Å². The van der Waals surface area contributed by atoms with Crippen molar-refractivity contribution in [3.63, 3.8) is 0 Å². The van der Waals surface area contributed by atoms with Crippen LogP contribution in [0.5, 0.6) is 0 Å². The maximum absolute atomic E-state index is 13.6. The van der Waals surface area contributed by atoms with Crippen LogP contribution in [0.1, 0.15) is 46.2 Å². The van der Waals surface area contributed by atoms with Crippen molar-refractivity contribution in [3.8, 4) is 0 Å². The molecule has 0 fully saturated rings. The molecule has 1 rings (SSSR count). The van der Waals surface area contributed by atoms with Gasteiger partial charge in [-0.1, -0.05) is 23.2 Å². The molecule has 0 saturated heterocycles. The van der Waals surface area contributed by atoms with Gasteiger partial charge >= 0.3 is 0 Å². The quantitative estimate of drug-likeness (QED) is 0.713. The lowest BCUT2D eigenvalue weighted by Gasteiger charge is -2.31. The lowest BCUT2D eigenvalue weighted by atomic mass is 10.1. The molecule has 21 heavy (non-hydrogen) atoms. The van der Waals surface area contributed by atoms with Crippen LogP contribution in [0, 0.1) is 5.82 Å². The average molecular weight is 335 g/mol. The Labute approximate surface area is 137 Å². The zero-order valence-electron chi connectivity index (χ0n) is 13.4. The van der Waals surface area contributed by atoms with Crippen LogP contribution in [-0.4, -0.2) is 30.1 Å². The van der Waals surface area contributed by atoms with E-state index >= 15 is 0 Å². The number of halogens is 3. The smallest absolute Gasteiger partial charge is 0.142 e. The first kappa shape index (κ1) is 18.7. The van der Waals surface area contributed by atoms with E-state index in [4.69, 9.17) is 23.2 Å². The average Bonchev–Trinajstić information content (AvgIpc) is 2.37. The van der Waals surface area contributed by atoms with Gasteiger partial charge in [-0.2, -0.15) is 0 Å². The van der Waals surface area contributed by atoms with Gasteiger partial charge in [0.05, 0.1) is 5.02 Å². The van der Waals surface area contributed by atoms with E-state index in [2.05, 4.69) is 37.9 Å². The predicted octanol–water partition coefficient (Wildman–Crippen LogP) is 4.90. The molecule has 5 heteroatoms. The molecule has 0 aromatic heterocycles. The minimum absolute atomic E-state index is 0.0227. The van der Waals surface area contributed by atoms with Gasteiger partial charge in [0.1, 0.15) is 5.82 Å². The predicted molar refractivity (Wildman–Crippen MR) is 89.8 cm³/mol. The molecule has 0 aliphatic rings. The summed E-state index contributed by atoms with van der Waals surface area (Å²) in [6.45, 7) is 12.5. The summed E-state index contributed by atoms with van der Waals surface area (Å²) in [7, 11) is 0. The minimum Gasteiger partial charge on any atom is -0.309 e. The van der Waals surface area contributed by atoms with Crippen molar-refractivity contribution in [3.05, 3.63) is 33.6 Å². The lowest BCUT2D eigenvalue weighted by molar-refractivity contribution is 0.174. The maximum atomic E-state index is 13.6. The molecule has 1 N–H and O–H groups in total. The third-order valence-electron chi connectivity index (χ3n) is 3.65. The third-order valence-corrected chi connectivity index (χ3v) is 4.27. The van der Waals surface area contributed by atoms with Gasteiger partial charge in [-0.15, -0.1) is 0 Å². The van der Waals surface area contributed by atoms with Crippen LogP contribution < -0.4 is 5.32 Å². The number of rotatable bonds is 7. The monoisotopic (exact) mass is 334 g/mol. The molecule has 1 unspecified atom stereocenters. The Kier molecular flexibility index (Phi) is 7.41. The van der Waals surface area contributed by atoms with Crippen LogP contribution in [0.15, 0.2) is 12.1 Å². The van der Waals surface area contributed by atoms with E-state index in [1.54, 1.807) is 0 Å². The molecule has 2 nitrogen and oxygen atoms in total. The normalized spacial score (nSPS) is 13.5. The van der Waals surface area contributed by atoms with Crippen LogP contribution >= 0.6 is 23.2 Å². The second-order valence-electron chi connectivity index (χ2n) is 5.89. The van der Waals surface area contributed by atoms with E-state index in [-0.39, 0.29) is 11.1 Å². The highest BCUT2D eigenvalue weighted by Crippen LogP contribution is 2.28. The Balaban J connectivity index is 2.62. The molecule has 1 aromatic rings. The Bertz CT molecular complexity index is 456. The molecule has 0 amide bonds. The largest absolute Gasteiger partial charge is 0.309 e. The van der Waals surface area contributed by atoms with Gasteiger partial charge in [0.2, 0.25) is 0 Å². The van der Waals surface area contributed by atoms with E-state index < -0.39 is 5.82 Å². The zero-order valence-corrected chi connectivity index (χ0v) is 14.9. The topological polar surface area (TPSA) is 15.3 Å². The number of nitrogens with one attached hydrogen (secondary N) is 1. The van der Waals surface area contributed by atoms with Gasteiger partial charge < -0.3 is 5.32 Å². The molecule has 0 saturated carbocycles. The Hall–Kier alpha value is -0.350. The highest BCUT2D eigenvalue weighted by Gasteiger charge is 2.15. The Morgan fingerprint density at radius 2 is 1.62 bits per heavy atom. The molecule has 0 bridgehead atoms. The van der Waals surface area contributed by atoms with Gasteiger partial charge in [0.25, 0.3) is 0 Å². The van der Waals surface area contributed by atoms with Crippen molar-refractivity contribution in [2.24, 2.45) is 0 Å². The Morgan fingerprint density at radius 3 is 2.14 bits per heavy atom. The molecule has 1 atom stereocenters. The summed E-state index contributed by atoms with van der Waals surface area (Å²) >= 11 is 11.9. The van der Waals surface area contributed by atoms with Gasteiger partial charge in [-0.3, -0.25) is 4.90 Å². The summed E-state index contributed by atoms with van der Waals surface area (Å²) in [5, 5.41) is 3.94. The van der Waals surface area contributed by atoms with E-state index in [1.165, 1.54) is 12.1 Å². The van der Waals surface area contributed by atoms with Crippen molar-refractivity contribution in [2.45, 2.75) is 52.7 Å². The standard InChI is InChI=1S/C16H25Cl2FN2/c1-10(2)21(11(3)4)7-6-20-12(5)13-8-16(19)15(18)9-14(13)17/h8-12,20H,6-7H2,1-5H3.